The third-order valence-electron chi connectivity index (χ3n) is 11.5. The number of fused-ring (bicyclic) bond motifs is 5. The molecule has 9 atom stereocenters. The van der Waals surface area contributed by atoms with E-state index in [9.17, 15) is 10.2 Å². The van der Waals surface area contributed by atoms with E-state index in [0.29, 0.717) is 23.7 Å². The third kappa shape index (κ3) is 3.67. The first kappa shape index (κ1) is 23.8. The molecule has 4 aliphatic rings. The first-order valence-corrected chi connectivity index (χ1v) is 13.7. The molecule has 9 unspecified atom stereocenters. The van der Waals surface area contributed by atoms with Gasteiger partial charge in [0, 0.05) is 0 Å². The fraction of sp³-hybridized carbons (Fsp3) is 0.931. The fourth-order valence-electron chi connectivity index (χ4n) is 9.25. The minimum atomic E-state index is -0.502. The summed E-state index contributed by atoms with van der Waals surface area (Å²) in [6.07, 6.45) is 14.8. The van der Waals surface area contributed by atoms with Crippen LogP contribution in [-0.4, -0.2) is 21.9 Å². The first-order valence-electron chi connectivity index (χ1n) is 13.7. The van der Waals surface area contributed by atoms with Gasteiger partial charge in [-0.05, 0) is 104 Å². The highest BCUT2D eigenvalue weighted by Crippen LogP contribution is 2.69. The highest BCUT2D eigenvalue weighted by atomic mass is 16.3. The second kappa shape index (κ2) is 8.46. The molecule has 2 heteroatoms. The molecule has 0 aromatic rings. The van der Waals surface area contributed by atoms with Gasteiger partial charge in [0.15, 0.2) is 0 Å². The minimum absolute atomic E-state index is 0.0724. The van der Waals surface area contributed by atoms with Crippen molar-refractivity contribution < 1.29 is 10.2 Å². The number of aliphatic hydroxyl groups excluding tert-OH is 1. The van der Waals surface area contributed by atoms with Gasteiger partial charge in [-0.1, -0.05) is 66.0 Å². The second-order valence-electron chi connectivity index (χ2n) is 13.0. The molecule has 3 fully saturated rings. The maximum Gasteiger partial charge on any atom is 0.0737 e. The summed E-state index contributed by atoms with van der Waals surface area (Å²) in [5, 5.41) is 22.6. The van der Waals surface area contributed by atoms with Crippen molar-refractivity contribution in [3.05, 3.63) is 11.6 Å². The van der Waals surface area contributed by atoms with E-state index in [1.165, 1.54) is 44.1 Å². The second-order valence-corrected chi connectivity index (χ2v) is 13.0. The normalized spacial score (nSPS) is 46.7. The standard InChI is InChI=1S/C29H50O2/c1-7-21(19(2)3)9-8-20(4)24-14-17-29(31)26-11-10-22-18-23(30)12-15-27(22,5)25(26)13-16-28(24,29)6/h10,19-21,23-26,30-31H,7-9,11-18H2,1-6H3. The summed E-state index contributed by atoms with van der Waals surface area (Å²) in [6, 6.07) is 0. The van der Waals surface area contributed by atoms with Crippen molar-refractivity contribution in [2.75, 3.05) is 0 Å². The highest BCUT2D eigenvalue weighted by Gasteiger charge is 2.66. The van der Waals surface area contributed by atoms with Crippen LogP contribution < -0.4 is 0 Å². The third-order valence-corrected chi connectivity index (χ3v) is 11.5. The Hall–Kier alpha value is -0.340. The molecule has 0 amide bonds. The van der Waals surface area contributed by atoms with Gasteiger partial charge in [-0.3, -0.25) is 0 Å². The van der Waals surface area contributed by atoms with Crippen LogP contribution in [0, 0.1) is 46.3 Å². The van der Waals surface area contributed by atoms with Crippen molar-refractivity contribution in [3.63, 3.8) is 0 Å². The van der Waals surface area contributed by atoms with E-state index in [4.69, 9.17) is 0 Å². The van der Waals surface area contributed by atoms with E-state index < -0.39 is 5.60 Å². The molecule has 2 nitrogen and oxygen atoms in total. The lowest BCUT2D eigenvalue weighted by molar-refractivity contribution is -0.183. The van der Waals surface area contributed by atoms with Crippen molar-refractivity contribution >= 4 is 0 Å². The molecule has 0 radical (unpaired) electrons. The Balaban J connectivity index is 1.53. The zero-order valence-electron chi connectivity index (χ0n) is 21.3. The number of hydrogen-bond acceptors (Lipinski definition) is 2. The molecule has 31 heavy (non-hydrogen) atoms. The molecule has 0 aliphatic heterocycles. The van der Waals surface area contributed by atoms with Crippen molar-refractivity contribution in [2.24, 2.45) is 46.3 Å². The largest absolute Gasteiger partial charge is 0.393 e. The lowest BCUT2D eigenvalue weighted by atomic mass is 9.45. The Kier molecular flexibility index (Phi) is 6.50. The Morgan fingerprint density at radius 1 is 1.00 bits per heavy atom. The number of allylic oxidation sites excluding steroid dienone is 1. The predicted molar refractivity (Wildman–Crippen MR) is 130 cm³/mol. The molecule has 0 bridgehead atoms. The van der Waals surface area contributed by atoms with E-state index >= 15 is 0 Å². The van der Waals surface area contributed by atoms with Gasteiger partial charge >= 0.3 is 0 Å². The summed E-state index contributed by atoms with van der Waals surface area (Å²) >= 11 is 0. The molecule has 178 valence electrons. The Labute approximate surface area is 192 Å². The van der Waals surface area contributed by atoms with Gasteiger partial charge in [0.1, 0.15) is 0 Å². The van der Waals surface area contributed by atoms with Crippen LogP contribution in [-0.2, 0) is 0 Å². The van der Waals surface area contributed by atoms with Crippen molar-refractivity contribution in [1.29, 1.82) is 0 Å². The zero-order valence-corrected chi connectivity index (χ0v) is 21.3. The summed E-state index contributed by atoms with van der Waals surface area (Å²) in [5.41, 5.74) is 1.28. The smallest absolute Gasteiger partial charge is 0.0737 e. The SMILES string of the molecule is CCC(CCC(C)C1CCC2(O)C3CC=C4CC(O)CCC4(C)C3CCC12C)C(C)C. The van der Waals surface area contributed by atoms with Crippen molar-refractivity contribution in [2.45, 2.75) is 124 Å². The van der Waals surface area contributed by atoms with Crippen LogP contribution in [0.25, 0.3) is 0 Å². The van der Waals surface area contributed by atoms with Gasteiger partial charge < -0.3 is 10.2 Å². The average Bonchev–Trinajstić information content (AvgIpc) is 3.00. The van der Waals surface area contributed by atoms with Crippen LogP contribution in [0.1, 0.15) is 112 Å². The molecule has 0 aromatic heterocycles. The van der Waals surface area contributed by atoms with Crippen molar-refractivity contribution in [3.8, 4) is 0 Å². The monoisotopic (exact) mass is 430 g/mol. The number of rotatable bonds is 6. The maximum absolute atomic E-state index is 12.4. The molecule has 2 N–H and O–H groups in total. The van der Waals surface area contributed by atoms with Crippen LogP contribution >= 0.6 is 0 Å². The lowest BCUT2D eigenvalue weighted by Gasteiger charge is -2.61. The molecular weight excluding hydrogens is 380 g/mol. The first-order chi connectivity index (χ1) is 14.6. The average molecular weight is 431 g/mol. The predicted octanol–water partition coefficient (Wildman–Crippen LogP) is 7.14. The molecule has 4 aliphatic carbocycles. The molecule has 0 aromatic carbocycles. The van der Waals surface area contributed by atoms with Gasteiger partial charge in [-0.15, -0.1) is 0 Å². The molecule has 0 spiro atoms. The van der Waals surface area contributed by atoms with Gasteiger partial charge in [0.05, 0.1) is 11.7 Å². The quantitative estimate of drug-likeness (QED) is 0.440. The summed E-state index contributed by atoms with van der Waals surface area (Å²) in [5.74, 6) is 3.99. The van der Waals surface area contributed by atoms with E-state index in [2.05, 4.69) is 47.6 Å². The Morgan fingerprint density at radius 2 is 1.74 bits per heavy atom. The van der Waals surface area contributed by atoms with E-state index in [0.717, 1.165) is 43.9 Å². The summed E-state index contributed by atoms with van der Waals surface area (Å²) in [6.45, 7) is 14.5. The highest BCUT2D eigenvalue weighted by molar-refractivity contribution is 5.28. The molecule has 4 rings (SSSR count). The minimum Gasteiger partial charge on any atom is -0.393 e. The lowest BCUT2D eigenvalue weighted by Crippen LogP contribution is -2.60. The Bertz CT molecular complexity index is 682. The summed E-state index contributed by atoms with van der Waals surface area (Å²) in [7, 11) is 0. The van der Waals surface area contributed by atoms with Gasteiger partial charge in [-0.25, -0.2) is 0 Å². The van der Waals surface area contributed by atoms with Crippen LogP contribution in [0.15, 0.2) is 11.6 Å². The van der Waals surface area contributed by atoms with Crippen LogP contribution in [0.2, 0.25) is 0 Å². The molecule has 0 heterocycles. The maximum atomic E-state index is 12.4. The van der Waals surface area contributed by atoms with Crippen molar-refractivity contribution in [1.82, 2.24) is 0 Å². The summed E-state index contributed by atoms with van der Waals surface area (Å²) in [4.78, 5) is 0. The molecule has 3 saturated carbocycles. The van der Waals surface area contributed by atoms with Gasteiger partial charge in [0.25, 0.3) is 0 Å². The number of aliphatic hydroxyl groups is 2. The molecule has 0 saturated heterocycles. The van der Waals surface area contributed by atoms with Crippen LogP contribution in [0.3, 0.4) is 0 Å². The summed E-state index contributed by atoms with van der Waals surface area (Å²) < 4.78 is 0. The topological polar surface area (TPSA) is 40.5 Å². The van der Waals surface area contributed by atoms with Crippen LogP contribution in [0.4, 0.5) is 0 Å². The zero-order chi connectivity index (χ0) is 22.6. The Morgan fingerprint density at radius 3 is 2.42 bits per heavy atom. The van der Waals surface area contributed by atoms with E-state index in [1.54, 1.807) is 0 Å². The fourth-order valence-corrected chi connectivity index (χ4v) is 9.25. The van der Waals surface area contributed by atoms with Crippen LogP contribution in [0.5, 0.6) is 0 Å². The molecular formula is C29H50O2. The van der Waals surface area contributed by atoms with Gasteiger partial charge in [-0.2, -0.15) is 0 Å². The van der Waals surface area contributed by atoms with E-state index in [1.807, 2.05) is 0 Å². The van der Waals surface area contributed by atoms with Gasteiger partial charge in [0.2, 0.25) is 0 Å². The van der Waals surface area contributed by atoms with E-state index in [-0.39, 0.29) is 16.9 Å². The number of hydrogen-bond donors (Lipinski definition) is 2.